The minimum Gasteiger partial charge on any atom is -0.394 e. The fourth-order valence-electron chi connectivity index (χ4n) is 9.95. The Morgan fingerprint density at radius 3 is 1.44 bits per heavy atom. The largest absolute Gasteiger partial charge is 0.394 e. The van der Waals surface area contributed by atoms with E-state index in [9.17, 15) is 29.7 Å². The first-order valence-electron chi connectivity index (χ1n) is 25.1. The average molecular weight is 1020 g/mol. The number of nitrogens with zero attached hydrogens (tertiary/aromatic N) is 1. The van der Waals surface area contributed by atoms with Crippen molar-refractivity contribution in [2.75, 3.05) is 19.8 Å². The number of rotatable bonds is 21. The maximum absolute atomic E-state index is 14.7. The number of benzene rings is 6. The molecule has 2 saturated heterocycles. The zero-order chi connectivity index (χ0) is 52.3. The molecule has 15 heteroatoms. The van der Waals surface area contributed by atoms with Crippen LogP contribution in [0.5, 0.6) is 0 Å². The van der Waals surface area contributed by atoms with Crippen LogP contribution >= 0.6 is 0 Å². The fraction of sp³-hybridized carbons (Fsp3) is 0.317. The predicted molar refractivity (Wildman–Crippen MR) is 275 cm³/mol. The van der Waals surface area contributed by atoms with E-state index in [1.807, 2.05) is 182 Å². The van der Waals surface area contributed by atoms with E-state index in [2.05, 4.69) is 5.32 Å². The molecule has 0 bridgehead atoms. The first-order chi connectivity index (χ1) is 36.6. The first kappa shape index (κ1) is 53.1. The highest BCUT2D eigenvalue weighted by molar-refractivity contribution is 6.19. The van der Waals surface area contributed by atoms with E-state index in [0.29, 0.717) is 0 Å². The minimum atomic E-state index is -1.82. The number of ether oxygens (including phenoxy) is 7. The molecule has 0 radical (unpaired) electrons. The molecule has 3 amide bonds. The highest BCUT2D eigenvalue weighted by atomic mass is 16.7. The molecular weight excluding hydrogens is 957 g/mol. The number of aliphatic hydroxyl groups is 3. The summed E-state index contributed by atoms with van der Waals surface area (Å²) in [4.78, 5) is 43.8. The van der Waals surface area contributed by atoms with Crippen LogP contribution in [0.2, 0.25) is 0 Å². The maximum Gasteiger partial charge on any atom is 0.257 e. The van der Waals surface area contributed by atoms with Crippen molar-refractivity contribution in [2.45, 2.75) is 101 Å². The van der Waals surface area contributed by atoms with Crippen LogP contribution in [0.15, 0.2) is 193 Å². The topological polar surface area (TPSA) is 192 Å². The summed E-state index contributed by atoms with van der Waals surface area (Å²) in [6.45, 7) is 1.77. The van der Waals surface area contributed by atoms with Gasteiger partial charge >= 0.3 is 0 Å². The van der Waals surface area contributed by atoms with Gasteiger partial charge < -0.3 is 53.8 Å². The normalized spacial score (nSPS) is 25.1. The third-order valence-electron chi connectivity index (χ3n) is 14.0. The van der Waals surface area contributed by atoms with Crippen molar-refractivity contribution in [3.05, 3.63) is 227 Å². The summed E-state index contributed by atoms with van der Waals surface area (Å²) < 4.78 is 45.0. The van der Waals surface area contributed by atoms with Gasteiger partial charge in [0, 0.05) is 11.1 Å². The van der Waals surface area contributed by atoms with Crippen LogP contribution in [0, 0.1) is 0 Å². The van der Waals surface area contributed by atoms with Gasteiger partial charge in [0.1, 0.15) is 60.9 Å². The molecule has 3 aliphatic heterocycles. The molecule has 0 aromatic heterocycles. The summed E-state index contributed by atoms with van der Waals surface area (Å²) in [7, 11) is 0. The quantitative estimate of drug-likeness (QED) is 0.0477. The number of amides is 3. The maximum atomic E-state index is 14.7. The minimum absolute atomic E-state index is 0.0481. The molecule has 0 unspecified atom stereocenters. The summed E-state index contributed by atoms with van der Waals surface area (Å²) in [6, 6.07) is 55.0. The Morgan fingerprint density at radius 1 is 0.547 bits per heavy atom. The van der Waals surface area contributed by atoms with Gasteiger partial charge in [0.25, 0.3) is 11.8 Å². The second-order valence-electron chi connectivity index (χ2n) is 18.8. The third-order valence-corrected chi connectivity index (χ3v) is 14.0. The zero-order valence-corrected chi connectivity index (χ0v) is 41.7. The van der Waals surface area contributed by atoms with Crippen LogP contribution in [-0.2, 0) is 72.9 Å². The molecule has 3 aliphatic rings. The smallest absolute Gasteiger partial charge is 0.257 e. The average Bonchev–Trinajstić information content (AvgIpc) is 3.64. The van der Waals surface area contributed by atoms with Crippen molar-refractivity contribution in [3.63, 3.8) is 0 Å². The Morgan fingerprint density at radius 2 is 0.973 bits per heavy atom. The van der Waals surface area contributed by atoms with E-state index in [4.69, 9.17) is 33.2 Å². The van der Waals surface area contributed by atoms with Gasteiger partial charge in [-0.05, 0) is 47.2 Å². The van der Waals surface area contributed by atoms with Gasteiger partial charge in [-0.2, -0.15) is 0 Å². The Kier molecular flexibility index (Phi) is 17.5. The number of imide groups is 1. The molecule has 6 aromatic rings. The molecule has 10 atom stereocenters. The van der Waals surface area contributed by atoms with Crippen molar-refractivity contribution in [1.29, 1.82) is 0 Å². The molecule has 75 heavy (non-hydrogen) atoms. The van der Waals surface area contributed by atoms with E-state index in [-0.39, 0.29) is 37.6 Å². The lowest BCUT2D eigenvalue weighted by molar-refractivity contribution is -0.358. The van der Waals surface area contributed by atoms with E-state index < -0.39 is 97.8 Å². The second kappa shape index (κ2) is 24.7. The number of nitrogens with one attached hydrogen (secondary N) is 1. The van der Waals surface area contributed by atoms with Crippen LogP contribution in [0.1, 0.15) is 47.2 Å². The molecule has 15 nitrogen and oxygen atoms in total. The molecule has 9 rings (SSSR count). The molecule has 6 aromatic carbocycles. The van der Waals surface area contributed by atoms with Gasteiger partial charge in [0.05, 0.1) is 33.0 Å². The van der Waals surface area contributed by atoms with Gasteiger partial charge in [-0.15, -0.1) is 0 Å². The molecule has 4 N–H and O–H groups in total. The Hall–Kier alpha value is -6.73. The van der Waals surface area contributed by atoms with Crippen LogP contribution in [0.4, 0.5) is 0 Å². The summed E-state index contributed by atoms with van der Waals surface area (Å²) in [5.74, 6) is -2.01. The van der Waals surface area contributed by atoms with E-state index in [1.54, 1.807) is 0 Å². The van der Waals surface area contributed by atoms with Crippen LogP contribution in [-0.4, -0.2) is 119 Å². The number of carbonyl (C=O) groups excluding carboxylic acids is 3. The van der Waals surface area contributed by atoms with Gasteiger partial charge in [0.15, 0.2) is 12.6 Å². The van der Waals surface area contributed by atoms with Gasteiger partial charge in [-0.3, -0.25) is 19.3 Å². The SMILES string of the molecule is CC1=C(C)C(=O)N([C@H]2[C@H](OCC(=O)NC(c3ccccc3)(c3ccccc3)c3ccccc3)O[C@H](COCc3ccccc3)[C@@H](O[C@@H]3O[C@H](CO)[C@@H](OCc4ccccc4)[C@H](OCc4ccccc4)[C@H]3O)[C@H]2O)C1=O. The van der Waals surface area contributed by atoms with Crippen LogP contribution in [0.3, 0.4) is 0 Å². The molecule has 2 fully saturated rings. The lowest BCUT2D eigenvalue weighted by Crippen LogP contribution is -2.69. The standard InChI is InChI=1S/C60H62N2O13/c1-39-40(2)57(68)62(56(39)67)50-51(65)53(75-59-52(66)55(71-36-43-25-13-5-14-26-43)54(47(33-63)73-59)70-35-42-23-11-4-12-24-42)48(37-69-34-41-21-9-3-10-22-41)74-58(50)72-38-49(64)61-60(44-27-15-6-16-28-44,45-29-17-7-18-30-45)46-31-19-8-20-32-46/h3-32,47-48,50-55,58-59,63,65-66H,33-38H2,1-2H3,(H,61,64)/t47-,48-,50-,51+,52-,53-,54-,55-,58-,59+/m1/s1. The number of carbonyl (C=O) groups is 3. The van der Waals surface area contributed by atoms with Crippen LogP contribution in [0.25, 0.3) is 0 Å². The second-order valence-corrected chi connectivity index (χ2v) is 18.8. The highest BCUT2D eigenvalue weighted by Gasteiger charge is 2.57. The predicted octanol–water partition coefficient (Wildman–Crippen LogP) is 6.12. The number of aliphatic hydroxyl groups excluding tert-OH is 3. The third kappa shape index (κ3) is 11.9. The highest BCUT2D eigenvalue weighted by Crippen LogP contribution is 2.39. The molecule has 0 saturated carbocycles. The summed E-state index contributed by atoms with van der Waals surface area (Å²) in [5, 5.41) is 39.3. The number of hydrogen-bond acceptors (Lipinski definition) is 13. The summed E-state index contributed by atoms with van der Waals surface area (Å²) in [6.07, 6.45) is -12.7. The van der Waals surface area contributed by atoms with Gasteiger partial charge in [-0.25, -0.2) is 0 Å². The Balaban J connectivity index is 1.04. The Bertz CT molecular complexity index is 2710. The van der Waals surface area contributed by atoms with Crippen LogP contribution < -0.4 is 5.32 Å². The first-order valence-corrected chi connectivity index (χ1v) is 25.1. The summed E-state index contributed by atoms with van der Waals surface area (Å²) >= 11 is 0. The van der Waals surface area contributed by atoms with Gasteiger partial charge in [0.2, 0.25) is 5.91 Å². The fourth-order valence-corrected chi connectivity index (χ4v) is 9.95. The van der Waals surface area contributed by atoms with Crippen molar-refractivity contribution in [2.24, 2.45) is 0 Å². The lowest BCUT2D eigenvalue weighted by Gasteiger charge is -2.49. The molecular formula is C60H62N2O13. The summed E-state index contributed by atoms with van der Waals surface area (Å²) in [5.41, 5.74) is 3.81. The van der Waals surface area contributed by atoms with E-state index in [0.717, 1.165) is 38.3 Å². The van der Waals surface area contributed by atoms with Crippen molar-refractivity contribution >= 4 is 17.7 Å². The van der Waals surface area contributed by atoms with E-state index in [1.165, 1.54) is 13.8 Å². The molecule has 0 aliphatic carbocycles. The molecule has 390 valence electrons. The Labute approximate surface area is 436 Å². The monoisotopic (exact) mass is 1020 g/mol. The molecule has 3 heterocycles. The van der Waals surface area contributed by atoms with Crippen molar-refractivity contribution < 1.29 is 62.9 Å². The van der Waals surface area contributed by atoms with E-state index >= 15 is 0 Å². The number of hydrogen-bond donors (Lipinski definition) is 4. The van der Waals surface area contributed by atoms with Crippen molar-refractivity contribution in [1.82, 2.24) is 10.2 Å². The molecule has 0 spiro atoms. The lowest BCUT2D eigenvalue weighted by atomic mass is 9.77. The van der Waals surface area contributed by atoms with Crippen molar-refractivity contribution in [3.8, 4) is 0 Å². The zero-order valence-electron chi connectivity index (χ0n) is 41.7. The van der Waals surface area contributed by atoms with Gasteiger partial charge in [-0.1, -0.05) is 182 Å².